The Morgan fingerprint density at radius 1 is 0.262 bits per heavy atom. The summed E-state index contributed by atoms with van der Waals surface area (Å²) in [4.78, 5) is 73.2. The van der Waals surface area contributed by atoms with E-state index in [0.717, 1.165) is 102 Å². The van der Waals surface area contributed by atoms with E-state index in [0.29, 0.717) is 25.7 Å². The fraction of sp³-hybridized carbons (Fsp3) is 0.952. The SMILES string of the molecule is CCCCCCCCCCCCCCCCCCCC(=O)OC[C@H](COP(=O)(O)OC[C@@H](O)COP(=O)(O)OC[C@@H](COC(=O)CCCCCCCCCCCCCC)OC(=O)CCCCCCCCCCCCCCC(C)C)OC(=O)CCCCCCCCCCCCCCCCCCC(C)C. The van der Waals surface area contributed by atoms with Gasteiger partial charge in [0.1, 0.15) is 19.3 Å². The third kappa shape index (κ3) is 78.0. The largest absolute Gasteiger partial charge is 0.472 e. The number of phosphoric acid groups is 2. The first-order valence-electron chi connectivity index (χ1n) is 43.5. The van der Waals surface area contributed by atoms with Gasteiger partial charge in [0.15, 0.2) is 12.2 Å². The second-order valence-electron chi connectivity index (χ2n) is 31.2. The number of carbonyl (C=O) groups excluding carboxylic acids is 4. The van der Waals surface area contributed by atoms with Crippen molar-refractivity contribution >= 4 is 39.5 Å². The van der Waals surface area contributed by atoms with Crippen LogP contribution in [0, 0.1) is 11.8 Å². The molecule has 0 aliphatic rings. The molecule has 0 aromatic heterocycles. The highest BCUT2D eigenvalue weighted by Gasteiger charge is 2.30. The zero-order valence-electron chi connectivity index (χ0n) is 67.6. The van der Waals surface area contributed by atoms with Crippen LogP contribution in [-0.2, 0) is 65.4 Å². The summed E-state index contributed by atoms with van der Waals surface area (Å²) in [7, 11) is -9.93. The number of ether oxygens (including phenoxy) is 4. The molecular formula is C84H164O17P2. The molecule has 103 heavy (non-hydrogen) atoms. The van der Waals surface area contributed by atoms with Crippen LogP contribution in [0.3, 0.4) is 0 Å². The van der Waals surface area contributed by atoms with Gasteiger partial charge in [0, 0.05) is 25.7 Å². The van der Waals surface area contributed by atoms with Crippen LogP contribution in [-0.4, -0.2) is 96.7 Å². The fourth-order valence-corrected chi connectivity index (χ4v) is 14.6. The van der Waals surface area contributed by atoms with Gasteiger partial charge in [0.25, 0.3) is 0 Å². The molecule has 3 N–H and O–H groups in total. The molecular weight excluding hydrogens is 1340 g/mol. The lowest BCUT2D eigenvalue weighted by Crippen LogP contribution is -2.30. The quantitative estimate of drug-likeness (QED) is 0.0222. The van der Waals surface area contributed by atoms with Crippen LogP contribution >= 0.6 is 15.6 Å². The third-order valence-corrected chi connectivity index (χ3v) is 21.6. The monoisotopic (exact) mass is 1510 g/mol. The molecule has 0 amide bonds. The van der Waals surface area contributed by atoms with E-state index in [-0.39, 0.29) is 25.7 Å². The van der Waals surface area contributed by atoms with Crippen LogP contribution in [0.5, 0.6) is 0 Å². The Hall–Kier alpha value is -1.94. The lowest BCUT2D eigenvalue weighted by Gasteiger charge is -2.21. The molecule has 0 saturated carbocycles. The molecule has 5 atom stereocenters. The highest BCUT2D eigenvalue weighted by atomic mass is 31.2. The molecule has 19 heteroatoms. The number of hydrogen-bond donors (Lipinski definition) is 3. The standard InChI is InChI=1S/C84H164O17P2/c1-7-9-11-13-15-17-19-21-22-23-27-30-37-43-49-55-61-67-82(87)95-73-80(100-83(88)68-62-56-50-44-38-31-28-25-24-26-29-34-40-46-52-58-64-76(3)4)75-99-103(92,93)97-71-78(85)70-96-102(90,91)98-74-79(72-94-81(86)66-60-54-48-42-36-20-18-16-14-12-10-8-2)101-84(89)69-63-57-51-45-39-33-32-35-41-47-53-59-65-77(5)6/h76-80,85H,7-75H2,1-6H3,(H,90,91)(H,92,93)/t78-,79+,80+/m0/s1. The highest BCUT2D eigenvalue weighted by Crippen LogP contribution is 2.45. The topological polar surface area (TPSA) is 237 Å². The van der Waals surface area contributed by atoms with Gasteiger partial charge in [-0.3, -0.25) is 37.3 Å². The second-order valence-corrected chi connectivity index (χ2v) is 34.1. The zero-order valence-corrected chi connectivity index (χ0v) is 69.4. The van der Waals surface area contributed by atoms with Gasteiger partial charge in [-0.1, -0.05) is 395 Å². The lowest BCUT2D eigenvalue weighted by molar-refractivity contribution is -0.161. The van der Waals surface area contributed by atoms with Gasteiger partial charge in [-0.25, -0.2) is 9.13 Å². The van der Waals surface area contributed by atoms with E-state index >= 15 is 0 Å². The van der Waals surface area contributed by atoms with Crippen molar-refractivity contribution < 1.29 is 80.2 Å². The number of phosphoric ester groups is 2. The van der Waals surface area contributed by atoms with E-state index in [9.17, 15) is 43.2 Å². The van der Waals surface area contributed by atoms with Crippen LogP contribution in [0.2, 0.25) is 0 Å². The molecule has 0 aromatic rings. The minimum absolute atomic E-state index is 0.107. The average molecular weight is 1510 g/mol. The maximum atomic E-state index is 13.1. The van der Waals surface area contributed by atoms with E-state index in [1.165, 1.54) is 263 Å². The Balaban J connectivity index is 5.26. The number of aliphatic hydroxyl groups excluding tert-OH is 1. The molecule has 0 heterocycles. The normalized spacial score (nSPS) is 13.9. The molecule has 0 rings (SSSR count). The van der Waals surface area contributed by atoms with E-state index in [4.69, 9.17) is 37.0 Å². The summed E-state index contributed by atoms with van der Waals surface area (Å²) in [5, 5.41) is 10.7. The van der Waals surface area contributed by atoms with Gasteiger partial charge < -0.3 is 33.8 Å². The number of aliphatic hydroxyl groups is 1. The van der Waals surface area contributed by atoms with Gasteiger partial charge in [0.2, 0.25) is 0 Å². The smallest absolute Gasteiger partial charge is 0.462 e. The molecule has 0 bridgehead atoms. The van der Waals surface area contributed by atoms with E-state index in [2.05, 4.69) is 41.5 Å². The van der Waals surface area contributed by atoms with Crippen molar-refractivity contribution in [2.75, 3.05) is 39.6 Å². The van der Waals surface area contributed by atoms with Crippen LogP contribution in [0.15, 0.2) is 0 Å². The maximum absolute atomic E-state index is 13.1. The number of esters is 4. The Morgan fingerprint density at radius 3 is 0.660 bits per heavy atom. The van der Waals surface area contributed by atoms with Crippen LogP contribution in [0.25, 0.3) is 0 Å². The van der Waals surface area contributed by atoms with Crippen molar-refractivity contribution in [3.05, 3.63) is 0 Å². The average Bonchev–Trinajstić information content (AvgIpc) is 0.920. The minimum atomic E-state index is -4.96. The first kappa shape index (κ1) is 101. The number of unbranched alkanes of at least 4 members (excludes halogenated alkanes) is 53. The third-order valence-electron chi connectivity index (χ3n) is 19.7. The number of rotatable bonds is 83. The van der Waals surface area contributed by atoms with Gasteiger partial charge in [-0.05, 0) is 37.5 Å². The van der Waals surface area contributed by atoms with Crippen LogP contribution in [0.1, 0.15) is 446 Å². The predicted octanol–water partition coefficient (Wildman–Crippen LogP) is 25.5. The van der Waals surface area contributed by atoms with Crippen molar-refractivity contribution in [2.45, 2.75) is 464 Å². The highest BCUT2D eigenvalue weighted by molar-refractivity contribution is 7.47. The lowest BCUT2D eigenvalue weighted by atomic mass is 10.0. The van der Waals surface area contributed by atoms with Gasteiger partial charge in [-0.2, -0.15) is 0 Å². The summed E-state index contributed by atoms with van der Waals surface area (Å²) in [5.41, 5.74) is 0. The summed E-state index contributed by atoms with van der Waals surface area (Å²) < 4.78 is 68.9. The summed E-state index contributed by atoms with van der Waals surface area (Å²) in [6.07, 6.45) is 66.5. The molecule has 17 nitrogen and oxygen atoms in total. The van der Waals surface area contributed by atoms with Crippen molar-refractivity contribution in [1.82, 2.24) is 0 Å². The van der Waals surface area contributed by atoms with Crippen LogP contribution in [0.4, 0.5) is 0 Å². The van der Waals surface area contributed by atoms with Crippen molar-refractivity contribution in [1.29, 1.82) is 0 Å². The summed E-state index contributed by atoms with van der Waals surface area (Å²) in [6, 6.07) is 0. The van der Waals surface area contributed by atoms with Gasteiger partial charge in [0.05, 0.1) is 26.4 Å². The van der Waals surface area contributed by atoms with Crippen molar-refractivity contribution in [3.63, 3.8) is 0 Å². The zero-order chi connectivity index (χ0) is 75.6. The van der Waals surface area contributed by atoms with Crippen molar-refractivity contribution in [3.8, 4) is 0 Å². The molecule has 0 saturated heterocycles. The van der Waals surface area contributed by atoms with Crippen LogP contribution < -0.4 is 0 Å². The molecule has 0 spiro atoms. The predicted molar refractivity (Wildman–Crippen MR) is 423 cm³/mol. The Morgan fingerprint density at radius 2 is 0.447 bits per heavy atom. The molecule has 0 aliphatic carbocycles. The summed E-state index contributed by atoms with van der Waals surface area (Å²) in [6.45, 7) is 9.70. The molecule has 0 fully saturated rings. The Labute approximate surface area is 632 Å². The number of carbonyl (C=O) groups is 4. The van der Waals surface area contributed by atoms with Gasteiger partial charge in [-0.15, -0.1) is 0 Å². The van der Waals surface area contributed by atoms with E-state index in [1.54, 1.807) is 0 Å². The molecule has 0 radical (unpaired) electrons. The summed E-state index contributed by atoms with van der Waals surface area (Å²) >= 11 is 0. The Bertz CT molecular complexity index is 1980. The van der Waals surface area contributed by atoms with Gasteiger partial charge >= 0.3 is 39.5 Å². The maximum Gasteiger partial charge on any atom is 0.472 e. The molecule has 0 aliphatic heterocycles. The first-order valence-corrected chi connectivity index (χ1v) is 46.5. The van der Waals surface area contributed by atoms with E-state index in [1.807, 2.05) is 0 Å². The molecule has 612 valence electrons. The molecule has 0 aromatic carbocycles. The van der Waals surface area contributed by atoms with Crippen molar-refractivity contribution in [2.24, 2.45) is 11.8 Å². The first-order chi connectivity index (χ1) is 49.9. The minimum Gasteiger partial charge on any atom is -0.462 e. The Kier molecular flexibility index (Phi) is 74.1. The van der Waals surface area contributed by atoms with E-state index < -0.39 is 97.5 Å². The fourth-order valence-electron chi connectivity index (χ4n) is 13.1. The molecule has 2 unspecified atom stereocenters. The second kappa shape index (κ2) is 75.5. The number of hydrogen-bond acceptors (Lipinski definition) is 15. The summed E-state index contributed by atoms with van der Waals surface area (Å²) in [5.74, 6) is -0.516.